The van der Waals surface area contributed by atoms with Crippen LogP contribution in [-0.2, 0) is 0 Å². The number of nitrogens with zero attached hydrogens (tertiary/aromatic N) is 2. The van der Waals surface area contributed by atoms with Gasteiger partial charge >= 0.3 is 6.19 Å². The third kappa shape index (κ3) is 4.60. The maximum Gasteiger partial charge on any atom is 0.308 e. The molecule has 0 amide bonds. The third-order valence-corrected chi connectivity index (χ3v) is 1.31. The Balaban J connectivity index is 0. The maximum absolute atomic E-state index is 8.67. The van der Waals surface area contributed by atoms with E-state index in [1.165, 1.54) is 0 Å². The summed E-state index contributed by atoms with van der Waals surface area (Å²) in [5.41, 5.74) is 0. The van der Waals surface area contributed by atoms with Crippen molar-refractivity contribution < 1.29 is 16.9 Å². The van der Waals surface area contributed by atoms with Crippen molar-refractivity contribution in [2.75, 3.05) is 20.1 Å². The Hall–Kier alpha value is -0.780. The summed E-state index contributed by atoms with van der Waals surface area (Å²) in [6, 6.07) is 0. The Morgan fingerprint density at radius 1 is 1.36 bits per heavy atom. The average molecular weight is 173 g/mol. The summed E-state index contributed by atoms with van der Waals surface area (Å²) in [5.74, 6) is 0. The quantitative estimate of drug-likeness (QED) is 0.282. The molecule has 0 aromatic rings. The zero-order valence-corrected chi connectivity index (χ0v) is 7.51. The summed E-state index contributed by atoms with van der Waals surface area (Å²) < 4.78 is 0.326. The van der Waals surface area contributed by atoms with Gasteiger partial charge < -0.3 is 12.4 Å². The van der Waals surface area contributed by atoms with Crippen molar-refractivity contribution in [2.45, 2.75) is 0 Å². The van der Waals surface area contributed by atoms with Crippen LogP contribution in [-0.4, -0.2) is 24.6 Å². The highest BCUT2D eigenvalue weighted by Gasteiger charge is 2.16. The van der Waals surface area contributed by atoms with Gasteiger partial charge in [0.05, 0.1) is 7.05 Å². The monoisotopic (exact) mass is 172 g/mol. The molecule has 0 aromatic carbocycles. The zero-order chi connectivity index (χ0) is 8.04. The van der Waals surface area contributed by atoms with Gasteiger partial charge in [-0.25, -0.2) is 4.48 Å². The molecule has 0 aromatic heterocycles. The van der Waals surface area contributed by atoms with Crippen LogP contribution in [0.1, 0.15) is 0 Å². The topological polar surface area (TPSA) is 23.8 Å². The number of nitriles is 1. The minimum atomic E-state index is 0. The highest BCUT2D eigenvalue weighted by molar-refractivity contribution is 4.74. The average Bonchev–Trinajstić information content (AvgIpc) is 1.89. The summed E-state index contributed by atoms with van der Waals surface area (Å²) in [6.45, 7) is 8.49. The fourth-order valence-corrected chi connectivity index (χ4v) is 0.726. The van der Waals surface area contributed by atoms with E-state index in [0.717, 1.165) is 0 Å². The number of quaternary nitrogens is 1. The van der Waals surface area contributed by atoms with Crippen molar-refractivity contribution in [3.63, 3.8) is 0 Å². The van der Waals surface area contributed by atoms with Crippen molar-refractivity contribution in [2.24, 2.45) is 0 Å². The molecule has 0 aliphatic carbocycles. The summed E-state index contributed by atoms with van der Waals surface area (Å²) in [7, 11) is 1.85. The predicted octanol–water partition coefficient (Wildman–Crippen LogP) is -1.71. The largest absolute Gasteiger partial charge is 1.00 e. The van der Waals surface area contributed by atoms with Gasteiger partial charge in [-0.15, -0.1) is 5.26 Å². The highest BCUT2D eigenvalue weighted by atomic mass is 35.5. The molecule has 0 unspecified atom stereocenters. The Morgan fingerprint density at radius 2 is 1.73 bits per heavy atom. The molecule has 0 bridgehead atoms. The molecular formula is C8H13ClN2. The minimum absolute atomic E-state index is 0. The Labute approximate surface area is 74.4 Å². The maximum atomic E-state index is 8.67. The van der Waals surface area contributed by atoms with Crippen LogP contribution in [0.25, 0.3) is 0 Å². The molecule has 0 saturated heterocycles. The molecule has 0 saturated carbocycles. The second-order valence-corrected chi connectivity index (χ2v) is 2.44. The second-order valence-electron chi connectivity index (χ2n) is 2.44. The molecule has 0 aliphatic rings. The van der Waals surface area contributed by atoms with Crippen LogP contribution in [0.2, 0.25) is 0 Å². The predicted molar refractivity (Wildman–Crippen MR) is 41.9 cm³/mol. The Kier molecular flexibility index (Phi) is 6.97. The number of halogens is 1. The number of likely N-dealkylation sites (N-methyl/N-ethyl adjacent to an activating group) is 1. The van der Waals surface area contributed by atoms with Crippen molar-refractivity contribution in [3.05, 3.63) is 25.3 Å². The van der Waals surface area contributed by atoms with Gasteiger partial charge in [-0.3, -0.25) is 0 Å². The number of rotatable bonds is 4. The SMILES string of the molecule is C=CC[N+](C)(C#N)CC=C.[Cl-]. The van der Waals surface area contributed by atoms with Crippen LogP contribution in [0.4, 0.5) is 0 Å². The highest BCUT2D eigenvalue weighted by Crippen LogP contribution is 1.98. The zero-order valence-electron chi connectivity index (χ0n) is 6.76. The van der Waals surface area contributed by atoms with Gasteiger partial charge in [-0.1, -0.05) is 13.2 Å². The van der Waals surface area contributed by atoms with Crippen LogP contribution >= 0.6 is 0 Å². The van der Waals surface area contributed by atoms with Gasteiger partial charge in [-0.05, 0) is 12.2 Å². The van der Waals surface area contributed by atoms with E-state index in [9.17, 15) is 0 Å². The van der Waals surface area contributed by atoms with Gasteiger partial charge in [0, 0.05) is 0 Å². The molecule has 0 N–H and O–H groups in total. The van der Waals surface area contributed by atoms with Crippen molar-refractivity contribution in [3.8, 4) is 6.19 Å². The fraction of sp³-hybridized carbons (Fsp3) is 0.375. The van der Waals surface area contributed by atoms with E-state index in [0.29, 0.717) is 17.6 Å². The van der Waals surface area contributed by atoms with Crippen molar-refractivity contribution in [1.29, 1.82) is 5.26 Å². The van der Waals surface area contributed by atoms with Crippen LogP contribution < -0.4 is 12.4 Å². The number of hydrogen-bond acceptors (Lipinski definition) is 1. The molecule has 2 nitrogen and oxygen atoms in total. The van der Waals surface area contributed by atoms with E-state index < -0.39 is 0 Å². The van der Waals surface area contributed by atoms with Crippen LogP contribution in [0.3, 0.4) is 0 Å². The van der Waals surface area contributed by atoms with Crippen molar-refractivity contribution >= 4 is 0 Å². The standard InChI is InChI=1S/C8H13N2.ClH/c1-4-6-10(3,8-9)7-5-2;/h4-5H,1-2,6-7H2,3H3;1H/q+1;/p-1. The fourth-order valence-electron chi connectivity index (χ4n) is 0.726. The van der Waals surface area contributed by atoms with Crippen LogP contribution in [0, 0.1) is 11.5 Å². The lowest BCUT2D eigenvalue weighted by Crippen LogP contribution is -3.00. The van der Waals surface area contributed by atoms with Gasteiger partial charge in [-0.2, -0.15) is 0 Å². The minimum Gasteiger partial charge on any atom is -1.00 e. The van der Waals surface area contributed by atoms with E-state index in [1.54, 1.807) is 12.2 Å². The van der Waals surface area contributed by atoms with Gasteiger partial charge in [0.1, 0.15) is 13.1 Å². The first-order valence-corrected chi connectivity index (χ1v) is 3.16. The molecule has 0 heterocycles. The molecule has 62 valence electrons. The lowest BCUT2D eigenvalue weighted by atomic mass is 10.4. The van der Waals surface area contributed by atoms with Crippen LogP contribution in [0.5, 0.6) is 0 Å². The second kappa shape index (κ2) is 5.96. The van der Waals surface area contributed by atoms with Crippen LogP contribution in [0.15, 0.2) is 25.3 Å². The summed E-state index contributed by atoms with van der Waals surface area (Å²) in [5, 5.41) is 8.67. The molecule has 3 heteroatoms. The summed E-state index contributed by atoms with van der Waals surface area (Å²) in [6.07, 6.45) is 5.66. The van der Waals surface area contributed by atoms with Gasteiger partial charge in [0.25, 0.3) is 0 Å². The van der Waals surface area contributed by atoms with E-state index in [2.05, 4.69) is 19.4 Å². The lowest BCUT2D eigenvalue weighted by Gasteiger charge is -2.20. The van der Waals surface area contributed by atoms with E-state index >= 15 is 0 Å². The van der Waals surface area contributed by atoms with E-state index in [-0.39, 0.29) is 12.4 Å². The van der Waals surface area contributed by atoms with E-state index in [4.69, 9.17) is 5.26 Å². The molecule has 0 aliphatic heterocycles. The molecular weight excluding hydrogens is 160 g/mol. The number of hydrogen-bond donors (Lipinski definition) is 0. The molecule has 11 heavy (non-hydrogen) atoms. The van der Waals surface area contributed by atoms with Crippen molar-refractivity contribution in [1.82, 2.24) is 0 Å². The summed E-state index contributed by atoms with van der Waals surface area (Å²) >= 11 is 0. The molecule has 0 atom stereocenters. The van der Waals surface area contributed by atoms with E-state index in [1.807, 2.05) is 7.05 Å². The first kappa shape index (κ1) is 12.9. The molecule has 0 rings (SSSR count). The van der Waals surface area contributed by atoms with Gasteiger partial charge in [0.15, 0.2) is 0 Å². The van der Waals surface area contributed by atoms with Gasteiger partial charge in [0.2, 0.25) is 0 Å². The first-order chi connectivity index (χ1) is 4.68. The normalized spacial score (nSPS) is 9.09. The Bertz CT molecular complexity index is 159. The summed E-state index contributed by atoms with van der Waals surface area (Å²) in [4.78, 5) is 0. The molecule has 0 radical (unpaired) electrons. The lowest BCUT2D eigenvalue weighted by molar-refractivity contribution is -0.833. The molecule has 0 fully saturated rings. The third-order valence-electron chi connectivity index (χ3n) is 1.31. The Morgan fingerprint density at radius 3 is 1.91 bits per heavy atom. The smallest absolute Gasteiger partial charge is 0.308 e. The molecule has 0 spiro atoms. The first-order valence-electron chi connectivity index (χ1n) is 3.16.